The molecule has 1 aliphatic carbocycles. The summed E-state index contributed by atoms with van der Waals surface area (Å²) in [6.45, 7) is 3.13. The summed E-state index contributed by atoms with van der Waals surface area (Å²) in [7, 11) is 0. The van der Waals surface area contributed by atoms with Gasteiger partial charge in [0.15, 0.2) is 0 Å². The van der Waals surface area contributed by atoms with Gasteiger partial charge in [-0.15, -0.1) is 0 Å². The largest absolute Gasteiger partial charge is 0.399 e. The molecule has 0 atom stereocenters. The summed E-state index contributed by atoms with van der Waals surface area (Å²) >= 11 is 2.04. The van der Waals surface area contributed by atoms with Crippen LogP contribution in [0.25, 0.3) is 0 Å². The van der Waals surface area contributed by atoms with Crippen molar-refractivity contribution in [2.75, 3.05) is 36.9 Å². The lowest BCUT2D eigenvalue weighted by Crippen LogP contribution is -2.56. The number of carbonyl (C=O) groups is 1. The first-order chi connectivity index (χ1) is 11.2. The number of nitrogens with zero attached hydrogens (tertiary/aromatic N) is 1. The van der Waals surface area contributed by atoms with E-state index >= 15 is 0 Å². The van der Waals surface area contributed by atoms with Crippen LogP contribution in [0, 0.1) is 0 Å². The molecular weight excluding hydrogens is 306 g/mol. The van der Waals surface area contributed by atoms with Gasteiger partial charge in [0.05, 0.1) is 6.42 Å². The number of rotatable bonds is 5. The number of carbonyl (C=O) groups excluding carboxylic acids is 1. The number of benzene rings is 1. The second-order valence-corrected chi connectivity index (χ2v) is 7.95. The molecular formula is C18H27N3OS. The van der Waals surface area contributed by atoms with Crippen molar-refractivity contribution in [1.82, 2.24) is 10.2 Å². The number of hydrogen-bond acceptors (Lipinski definition) is 4. The molecule has 4 nitrogen and oxygen atoms in total. The zero-order chi connectivity index (χ0) is 16.1. The van der Waals surface area contributed by atoms with Gasteiger partial charge in [0.2, 0.25) is 5.91 Å². The summed E-state index contributed by atoms with van der Waals surface area (Å²) in [5.74, 6) is 2.56. The minimum absolute atomic E-state index is 0.118. The third-order valence-electron chi connectivity index (χ3n) is 5.18. The maximum Gasteiger partial charge on any atom is 0.224 e. The lowest BCUT2D eigenvalue weighted by atomic mass is 9.94. The smallest absolute Gasteiger partial charge is 0.224 e. The molecule has 0 radical (unpaired) electrons. The second-order valence-electron chi connectivity index (χ2n) is 6.73. The van der Waals surface area contributed by atoms with Crippen LogP contribution < -0.4 is 11.1 Å². The summed E-state index contributed by atoms with van der Waals surface area (Å²) in [6, 6.07) is 7.57. The molecule has 1 saturated heterocycles. The summed E-state index contributed by atoms with van der Waals surface area (Å²) in [6.07, 6.45) is 5.46. The molecule has 3 rings (SSSR count). The van der Waals surface area contributed by atoms with Crippen LogP contribution >= 0.6 is 11.8 Å². The van der Waals surface area contributed by atoms with E-state index in [2.05, 4.69) is 10.2 Å². The fraction of sp³-hybridized carbons (Fsp3) is 0.611. The average molecular weight is 334 g/mol. The first-order valence-corrected chi connectivity index (χ1v) is 9.77. The molecule has 1 aliphatic heterocycles. The molecule has 1 amide bonds. The lowest BCUT2D eigenvalue weighted by Gasteiger charge is -2.43. The Hall–Kier alpha value is -1.20. The molecule has 0 unspecified atom stereocenters. The van der Waals surface area contributed by atoms with Crippen molar-refractivity contribution in [2.45, 2.75) is 37.6 Å². The Morgan fingerprint density at radius 1 is 1.17 bits per heavy atom. The van der Waals surface area contributed by atoms with Crippen LogP contribution in [-0.4, -0.2) is 47.5 Å². The molecule has 2 aliphatic rings. The van der Waals surface area contributed by atoms with Gasteiger partial charge in [0.25, 0.3) is 0 Å². The Kier molecular flexibility index (Phi) is 5.49. The Labute approximate surface area is 143 Å². The predicted octanol–water partition coefficient (Wildman–Crippen LogP) is 2.29. The highest BCUT2D eigenvalue weighted by atomic mass is 32.2. The van der Waals surface area contributed by atoms with Gasteiger partial charge >= 0.3 is 0 Å². The molecule has 2 fully saturated rings. The van der Waals surface area contributed by atoms with Gasteiger partial charge in [0, 0.05) is 42.4 Å². The minimum atomic E-state index is 0.118. The van der Waals surface area contributed by atoms with E-state index in [1.165, 1.54) is 50.3 Å². The normalized spacial score (nSPS) is 21.2. The molecule has 1 heterocycles. The number of hydrogen-bond donors (Lipinski definition) is 2. The van der Waals surface area contributed by atoms with E-state index in [-0.39, 0.29) is 11.4 Å². The van der Waals surface area contributed by atoms with Gasteiger partial charge in [0.1, 0.15) is 0 Å². The Balaban J connectivity index is 1.56. The summed E-state index contributed by atoms with van der Waals surface area (Å²) < 4.78 is 0. The van der Waals surface area contributed by atoms with Crippen LogP contribution in [-0.2, 0) is 11.2 Å². The summed E-state index contributed by atoms with van der Waals surface area (Å²) in [4.78, 5) is 15.0. The van der Waals surface area contributed by atoms with Crippen molar-refractivity contribution < 1.29 is 4.79 Å². The number of nitrogens with two attached hydrogens (primary N) is 1. The van der Waals surface area contributed by atoms with Gasteiger partial charge in [-0.2, -0.15) is 11.8 Å². The highest BCUT2D eigenvalue weighted by Gasteiger charge is 2.40. The summed E-state index contributed by atoms with van der Waals surface area (Å²) in [5, 5.41) is 3.21. The van der Waals surface area contributed by atoms with E-state index in [4.69, 9.17) is 5.73 Å². The van der Waals surface area contributed by atoms with Crippen molar-refractivity contribution >= 4 is 23.4 Å². The maximum atomic E-state index is 12.3. The zero-order valence-electron chi connectivity index (χ0n) is 13.7. The standard InChI is InChI=1S/C18H27N3OS/c19-16-5-3-15(4-6-16)13-17(22)20-14-18(7-1-2-8-18)21-9-11-23-12-10-21/h3-6H,1-2,7-14,19H2,(H,20,22). The van der Waals surface area contributed by atoms with Crippen LogP contribution in [0.15, 0.2) is 24.3 Å². The highest BCUT2D eigenvalue weighted by molar-refractivity contribution is 7.99. The molecule has 3 N–H and O–H groups in total. The van der Waals surface area contributed by atoms with Gasteiger partial charge < -0.3 is 11.1 Å². The van der Waals surface area contributed by atoms with E-state index in [0.717, 1.165) is 17.8 Å². The third kappa shape index (κ3) is 4.21. The quantitative estimate of drug-likeness (QED) is 0.812. The summed E-state index contributed by atoms with van der Waals surface area (Å²) in [5.41, 5.74) is 7.66. The molecule has 1 saturated carbocycles. The van der Waals surface area contributed by atoms with E-state index in [0.29, 0.717) is 6.42 Å². The minimum Gasteiger partial charge on any atom is -0.399 e. The van der Waals surface area contributed by atoms with E-state index in [9.17, 15) is 4.79 Å². The fourth-order valence-electron chi connectivity index (χ4n) is 3.82. The first kappa shape index (κ1) is 16.7. The van der Waals surface area contributed by atoms with Gasteiger partial charge in [-0.3, -0.25) is 9.69 Å². The molecule has 1 aromatic rings. The third-order valence-corrected chi connectivity index (χ3v) is 6.12. The fourth-order valence-corrected chi connectivity index (χ4v) is 4.73. The molecule has 0 bridgehead atoms. The Bertz CT molecular complexity index is 520. The number of nitrogen functional groups attached to an aromatic ring is 1. The van der Waals surface area contributed by atoms with Crippen molar-refractivity contribution in [3.8, 4) is 0 Å². The Morgan fingerprint density at radius 2 is 1.83 bits per heavy atom. The van der Waals surface area contributed by atoms with Crippen molar-refractivity contribution in [2.24, 2.45) is 0 Å². The highest BCUT2D eigenvalue weighted by Crippen LogP contribution is 2.36. The van der Waals surface area contributed by atoms with E-state index < -0.39 is 0 Å². The number of anilines is 1. The van der Waals surface area contributed by atoms with Gasteiger partial charge in [-0.25, -0.2) is 0 Å². The maximum absolute atomic E-state index is 12.3. The second kappa shape index (κ2) is 7.58. The van der Waals surface area contributed by atoms with Crippen molar-refractivity contribution in [3.63, 3.8) is 0 Å². The molecule has 1 aromatic carbocycles. The van der Waals surface area contributed by atoms with Gasteiger partial charge in [-0.1, -0.05) is 25.0 Å². The number of nitrogens with one attached hydrogen (secondary N) is 1. The van der Waals surface area contributed by atoms with E-state index in [1.54, 1.807) is 0 Å². The van der Waals surface area contributed by atoms with Crippen LogP contribution in [0.3, 0.4) is 0 Å². The molecule has 126 valence electrons. The van der Waals surface area contributed by atoms with Crippen molar-refractivity contribution in [3.05, 3.63) is 29.8 Å². The van der Waals surface area contributed by atoms with Crippen LogP contribution in [0.2, 0.25) is 0 Å². The topological polar surface area (TPSA) is 58.4 Å². The molecule has 23 heavy (non-hydrogen) atoms. The average Bonchev–Trinajstić information content (AvgIpc) is 3.06. The van der Waals surface area contributed by atoms with Crippen LogP contribution in [0.5, 0.6) is 0 Å². The van der Waals surface area contributed by atoms with Gasteiger partial charge in [-0.05, 0) is 30.5 Å². The Morgan fingerprint density at radius 3 is 2.48 bits per heavy atom. The predicted molar refractivity (Wildman–Crippen MR) is 97.7 cm³/mol. The number of thioether (sulfide) groups is 1. The molecule has 5 heteroatoms. The monoisotopic (exact) mass is 333 g/mol. The number of amides is 1. The SMILES string of the molecule is Nc1ccc(CC(=O)NCC2(N3CCSCC3)CCCC2)cc1. The zero-order valence-corrected chi connectivity index (χ0v) is 14.5. The first-order valence-electron chi connectivity index (χ1n) is 8.62. The molecule has 0 spiro atoms. The van der Waals surface area contributed by atoms with Crippen LogP contribution in [0.1, 0.15) is 31.2 Å². The lowest BCUT2D eigenvalue weighted by molar-refractivity contribution is -0.121. The molecule has 0 aromatic heterocycles. The van der Waals surface area contributed by atoms with Crippen LogP contribution in [0.4, 0.5) is 5.69 Å². The van der Waals surface area contributed by atoms with E-state index in [1.807, 2.05) is 36.0 Å². The van der Waals surface area contributed by atoms with Crippen molar-refractivity contribution in [1.29, 1.82) is 0 Å².